The van der Waals surface area contributed by atoms with Crippen LogP contribution in [0, 0.1) is 12.3 Å². The zero-order chi connectivity index (χ0) is 13.2. The summed E-state index contributed by atoms with van der Waals surface area (Å²) in [5.74, 6) is -1.09. The van der Waals surface area contributed by atoms with Gasteiger partial charge in [0.05, 0.1) is 11.0 Å². The molecule has 5 heteroatoms. The summed E-state index contributed by atoms with van der Waals surface area (Å²) in [6.45, 7) is 2.05. The number of carbonyl (C=O) groups is 2. The average Bonchev–Trinajstić information content (AvgIpc) is 2.26. The van der Waals surface area contributed by atoms with E-state index in [1.54, 1.807) is 12.3 Å². The van der Waals surface area contributed by atoms with Crippen LogP contribution in [0.3, 0.4) is 0 Å². The molecule has 1 aliphatic rings. The molecule has 0 aromatic carbocycles. The van der Waals surface area contributed by atoms with E-state index in [1.165, 1.54) is 6.20 Å². The first-order chi connectivity index (χ1) is 8.53. The number of rotatable bonds is 4. The van der Waals surface area contributed by atoms with Gasteiger partial charge < -0.3 is 10.4 Å². The SMILES string of the molecule is Cc1cncc(C(=O)NCC2(C(=O)O)CCC2)c1. The van der Waals surface area contributed by atoms with E-state index in [0.717, 1.165) is 12.0 Å². The lowest BCUT2D eigenvalue weighted by Crippen LogP contribution is -2.47. The van der Waals surface area contributed by atoms with E-state index < -0.39 is 11.4 Å². The Balaban J connectivity index is 1.98. The largest absolute Gasteiger partial charge is 0.481 e. The zero-order valence-corrected chi connectivity index (χ0v) is 10.3. The zero-order valence-electron chi connectivity index (χ0n) is 10.3. The topological polar surface area (TPSA) is 79.3 Å². The number of hydrogen-bond acceptors (Lipinski definition) is 3. The molecule has 0 radical (unpaired) electrons. The van der Waals surface area contributed by atoms with E-state index in [0.29, 0.717) is 18.4 Å². The van der Waals surface area contributed by atoms with Crippen molar-refractivity contribution in [3.63, 3.8) is 0 Å². The highest BCUT2D eigenvalue weighted by Gasteiger charge is 2.44. The summed E-state index contributed by atoms with van der Waals surface area (Å²) in [4.78, 5) is 26.9. The number of pyridine rings is 1. The Hall–Kier alpha value is -1.91. The van der Waals surface area contributed by atoms with Crippen molar-refractivity contribution < 1.29 is 14.7 Å². The van der Waals surface area contributed by atoms with Crippen molar-refractivity contribution in [1.29, 1.82) is 0 Å². The van der Waals surface area contributed by atoms with Crippen LogP contribution >= 0.6 is 0 Å². The summed E-state index contributed by atoms with van der Waals surface area (Å²) in [7, 11) is 0. The minimum atomic E-state index is -0.823. The lowest BCUT2D eigenvalue weighted by molar-refractivity contribution is -0.153. The van der Waals surface area contributed by atoms with Crippen LogP contribution in [0.2, 0.25) is 0 Å². The van der Waals surface area contributed by atoms with Crippen molar-refractivity contribution in [2.75, 3.05) is 6.54 Å². The molecule has 1 fully saturated rings. The first kappa shape index (κ1) is 12.5. The van der Waals surface area contributed by atoms with Crippen molar-refractivity contribution in [3.8, 4) is 0 Å². The van der Waals surface area contributed by atoms with Crippen LogP contribution in [0.15, 0.2) is 18.5 Å². The van der Waals surface area contributed by atoms with Gasteiger partial charge in [0.25, 0.3) is 5.91 Å². The van der Waals surface area contributed by atoms with Crippen molar-refractivity contribution >= 4 is 11.9 Å². The highest BCUT2D eigenvalue weighted by atomic mass is 16.4. The summed E-state index contributed by atoms with van der Waals surface area (Å²) in [5, 5.41) is 11.8. The van der Waals surface area contributed by atoms with E-state index in [4.69, 9.17) is 5.11 Å². The van der Waals surface area contributed by atoms with Crippen LogP contribution in [-0.2, 0) is 4.79 Å². The van der Waals surface area contributed by atoms with Crippen molar-refractivity contribution in [2.45, 2.75) is 26.2 Å². The van der Waals surface area contributed by atoms with Gasteiger partial charge in [0.15, 0.2) is 0 Å². The van der Waals surface area contributed by atoms with Crippen LogP contribution in [0.4, 0.5) is 0 Å². The van der Waals surface area contributed by atoms with E-state index in [2.05, 4.69) is 10.3 Å². The van der Waals surface area contributed by atoms with Gasteiger partial charge >= 0.3 is 5.97 Å². The molecule has 0 aliphatic heterocycles. The average molecular weight is 248 g/mol. The fourth-order valence-electron chi connectivity index (χ4n) is 2.10. The van der Waals surface area contributed by atoms with Gasteiger partial charge in [0.2, 0.25) is 0 Å². The maximum atomic E-state index is 11.9. The number of carbonyl (C=O) groups excluding carboxylic acids is 1. The molecule has 2 N–H and O–H groups in total. The molecule has 5 nitrogen and oxygen atoms in total. The van der Waals surface area contributed by atoms with Gasteiger partial charge in [-0.1, -0.05) is 6.42 Å². The Labute approximate surface area is 105 Å². The number of aliphatic carboxylic acids is 1. The van der Waals surface area contributed by atoms with Crippen LogP contribution in [-0.4, -0.2) is 28.5 Å². The van der Waals surface area contributed by atoms with Crippen LogP contribution in [0.5, 0.6) is 0 Å². The molecule has 2 rings (SSSR count). The van der Waals surface area contributed by atoms with Gasteiger partial charge in [-0.2, -0.15) is 0 Å². The Morgan fingerprint density at radius 3 is 2.67 bits per heavy atom. The second-order valence-electron chi connectivity index (χ2n) is 4.87. The summed E-state index contributed by atoms with van der Waals surface area (Å²) >= 11 is 0. The highest BCUT2D eigenvalue weighted by Crippen LogP contribution is 2.40. The van der Waals surface area contributed by atoms with E-state index in [9.17, 15) is 9.59 Å². The predicted octanol–water partition coefficient (Wildman–Crippen LogP) is 1.37. The van der Waals surface area contributed by atoms with Crippen LogP contribution < -0.4 is 5.32 Å². The molecule has 0 atom stereocenters. The maximum Gasteiger partial charge on any atom is 0.311 e. The summed E-state index contributed by atoms with van der Waals surface area (Å²) in [6.07, 6.45) is 5.33. The molecule has 0 bridgehead atoms. The van der Waals surface area contributed by atoms with Gasteiger partial charge in [0.1, 0.15) is 0 Å². The van der Waals surface area contributed by atoms with E-state index >= 15 is 0 Å². The molecule has 18 heavy (non-hydrogen) atoms. The fraction of sp³-hybridized carbons (Fsp3) is 0.462. The number of carboxylic acid groups (broad SMARTS) is 1. The number of hydrogen-bond donors (Lipinski definition) is 2. The lowest BCUT2D eigenvalue weighted by atomic mass is 9.69. The Kier molecular flexibility index (Phi) is 3.32. The number of nitrogens with zero attached hydrogens (tertiary/aromatic N) is 1. The first-order valence-electron chi connectivity index (χ1n) is 5.97. The third-order valence-electron chi connectivity index (χ3n) is 3.49. The molecular formula is C13H16N2O3. The fourth-order valence-corrected chi connectivity index (χ4v) is 2.10. The first-order valence-corrected chi connectivity index (χ1v) is 5.97. The second-order valence-corrected chi connectivity index (χ2v) is 4.87. The molecular weight excluding hydrogens is 232 g/mol. The van der Waals surface area contributed by atoms with Crippen LogP contribution in [0.1, 0.15) is 35.2 Å². The second kappa shape index (κ2) is 4.76. The molecule has 1 heterocycles. The number of carboxylic acids is 1. The highest BCUT2D eigenvalue weighted by molar-refractivity contribution is 5.94. The minimum absolute atomic E-state index is 0.190. The Morgan fingerprint density at radius 1 is 1.44 bits per heavy atom. The molecule has 0 saturated heterocycles. The van der Waals surface area contributed by atoms with Gasteiger partial charge in [-0.3, -0.25) is 14.6 Å². The molecule has 1 aromatic heterocycles. The molecule has 1 aliphatic carbocycles. The number of amides is 1. The van der Waals surface area contributed by atoms with Crippen molar-refractivity contribution in [3.05, 3.63) is 29.6 Å². The van der Waals surface area contributed by atoms with Gasteiger partial charge in [-0.05, 0) is 31.4 Å². The minimum Gasteiger partial charge on any atom is -0.481 e. The molecule has 0 spiro atoms. The van der Waals surface area contributed by atoms with E-state index in [1.807, 2.05) is 6.92 Å². The summed E-state index contributed by atoms with van der Waals surface area (Å²) in [5.41, 5.74) is 0.613. The Bertz CT molecular complexity index is 481. The van der Waals surface area contributed by atoms with Gasteiger partial charge in [0, 0.05) is 18.9 Å². The normalized spacial score (nSPS) is 16.7. The van der Waals surface area contributed by atoms with Crippen molar-refractivity contribution in [2.24, 2.45) is 5.41 Å². The third kappa shape index (κ3) is 2.34. The standard InChI is InChI=1S/C13H16N2O3/c1-9-5-10(7-14-6-9)11(16)15-8-13(12(17)18)3-2-4-13/h5-7H,2-4,8H2,1H3,(H,15,16)(H,17,18). The van der Waals surface area contributed by atoms with E-state index in [-0.39, 0.29) is 12.5 Å². The molecule has 1 saturated carbocycles. The number of aryl methyl sites for hydroxylation is 1. The smallest absolute Gasteiger partial charge is 0.311 e. The predicted molar refractivity (Wildman–Crippen MR) is 65.2 cm³/mol. The Morgan fingerprint density at radius 2 is 2.17 bits per heavy atom. The summed E-state index contributed by atoms with van der Waals surface area (Å²) in [6, 6.07) is 1.73. The lowest BCUT2D eigenvalue weighted by Gasteiger charge is -2.37. The molecule has 96 valence electrons. The monoisotopic (exact) mass is 248 g/mol. The van der Waals surface area contributed by atoms with Crippen molar-refractivity contribution in [1.82, 2.24) is 10.3 Å². The number of aromatic nitrogens is 1. The maximum absolute atomic E-state index is 11.9. The molecule has 1 aromatic rings. The van der Waals surface area contributed by atoms with Gasteiger partial charge in [-0.25, -0.2) is 0 Å². The summed E-state index contributed by atoms with van der Waals surface area (Å²) < 4.78 is 0. The van der Waals surface area contributed by atoms with Crippen LogP contribution in [0.25, 0.3) is 0 Å². The quantitative estimate of drug-likeness (QED) is 0.843. The molecule has 0 unspecified atom stereocenters. The third-order valence-corrected chi connectivity index (χ3v) is 3.49. The number of nitrogens with one attached hydrogen (secondary N) is 1. The molecule has 1 amide bonds. The van der Waals surface area contributed by atoms with Gasteiger partial charge in [-0.15, -0.1) is 0 Å².